The van der Waals surface area contributed by atoms with Gasteiger partial charge in [0.2, 0.25) is 0 Å². The van der Waals surface area contributed by atoms with E-state index in [1.165, 1.54) is 0 Å². The molecule has 0 bridgehead atoms. The zero-order valence-corrected chi connectivity index (χ0v) is 11.1. The summed E-state index contributed by atoms with van der Waals surface area (Å²) < 4.78 is 2.69. The second kappa shape index (κ2) is 5.27. The Kier molecular flexibility index (Phi) is 3.74. The summed E-state index contributed by atoms with van der Waals surface area (Å²) in [6.45, 7) is 2.69. The van der Waals surface area contributed by atoms with Crippen LogP contribution in [-0.4, -0.2) is 15.6 Å². The van der Waals surface area contributed by atoms with Crippen molar-refractivity contribution in [2.24, 2.45) is 0 Å². The smallest absolute Gasteiger partial charge is 0.185 e. The molecular weight excluding hydrogens is 280 g/mol. The van der Waals surface area contributed by atoms with E-state index in [2.05, 4.69) is 21.0 Å². The van der Waals surface area contributed by atoms with Gasteiger partial charge in [0.1, 0.15) is 5.69 Å². The summed E-state index contributed by atoms with van der Waals surface area (Å²) in [5, 5.41) is 4.10. The summed E-state index contributed by atoms with van der Waals surface area (Å²) >= 11 is 3.45. The second-order valence-electron chi connectivity index (χ2n) is 3.72. The van der Waals surface area contributed by atoms with Crippen molar-refractivity contribution in [1.82, 2.24) is 9.78 Å². The van der Waals surface area contributed by atoms with E-state index in [9.17, 15) is 4.79 Å². The lowest BCUT2D eigenvalue weighted by Gasteiger charge is -2.05. The largest absolute Gasteiger partial charge is 0.292 e. The fraction of sp³-hybridized carbons (Fsp3) is 0.231. The lowest BCUT2D eigenvalue weighted by Crippen LogP contribution is -2.11. The molecular formula is C13H13BrN2O. The molecule has 2 aromatic rings. The molecule has 2 rings (SSSR count). The third-order valence-electron chi connectivity index (χ3n) is 2.61. The number of Topliss-reactive ketones (excluding diaryl/α,β-unsaturated/α-hetero) is 1. The maximum atomic E-state index is 12.1. The Balaban J connectivity index is 2.20. The van der Waals surface area contributed by atoms with Crippen molar-refractivity contribution in [3.8, 4) is 0 Å². The normalized spacial score (nSPS) is 10.5. The van der Waals surface area contributed by atoms with E-state index in [-0.39, 0.29) is 5.78 Å². The average molecular weight is 293 g/mol. The number of nitrogens with zero attached hydrogens (tertiary/aromatic N) is 2. The van der Waals surface area contributed by atoms with Crippen molar-refractivity contribution in [1.29, 1.82) is 0 Å². The highest BCUT2D eigenvalue weighted by Gasteiger charge is 2.12. The van der Waals surface area contributed by atoms with Gasteiger partial charge in [-0.2, -0.15) is 5.10 Å². The van der Waals surface area contributed by atoms with Crippen LogP contribution in [0.1, 0.15) is 23.0 Å². The fourth-order valence-corrected chi connectivity index (χ4v) is 2.15. The maximum absolute atomic E-state index is 12.1. The number of benzene rings is 1. The van der Waals surface area contributed by atoms with E-state index in [1.807, 2.05) is 31.2 Å². The number of rotatable bonds is 4. The fourth-order valence-electron chi connectivity index (χ4n) is 1.73. The summed E-state index contributed by atoms with van der Waals surface area (Å²) in [5.41, 5.74) is 1.67. The third kappa shape index (κ3) is 2.64. The zero-order valence-electron chi connectivity index (χ0n) is 9.56. The van der Waals surface area contributed by atoms with Gasteiger partial charge in [-0.3, -0.25) is 9.48 Å². The molecule has 0 atom stereocenters. The lowest BCUT2D eigenvalue weighted by molar-refractivity contribution is 0.0982. The highest BCUT2D eigenvalue weighted by molar-refractivity contribution is 9.10. The lowest BCUT2D eigenvalue weighted by atomic mass is 10.1. The predicted octanol–water partition coefficient (Wildman–Crippen LogP) is 3.09. The molecule has 0 saturated carbocycles. The Morgan fingerprint density at radius 1 is 1.35 bits per heavy atom. The summed E-state index contributed by atoms with van der Waals surface area (Å²) in [6, 6.07) is 9.54. The minimum absolute atomic E-state index is 0.0938. The van der Waals surface area contributed by atoms with Gasteiger partial charge in [-0.25, -0.2) is 0 Å². The topological polar surface area (TPSA) is 34.9 Å². The Bertz CT molecular complexity index is 534. The molecule has 0 fully saturated rings. The number of aromatic nitrogens is 2. The molecule has 0 N–H and O–H groups in total. The van der Waals surface area contributed by atoms with Crippen molar-refractivity contribution in [3.63, 3.8) is 0 Å². The van der Waals surface area contributed by atoms with Crippen molar-refractivity contribution in [2.75, 3.05) is 0 Å². The van der Waals surface area contributed by atoms with Crippen LogP contribution in [0.15, 0.2) is 41.0 Å². The molecule has 1 heterocycles. The molecule has 1 aromatic carbocycles. The maximum Gasteiger partial charge on any atom is 0.185 e. The number of carbonyl (C=O) groups excluding carboxylic acids is 1. The number of halogens is 1. The summed E-state index contributed by atoms with van der Waals surface area (Å²) in [4.78, 5) is 12.1. The van der Waals surface area contributed by atoms with E-state index in [0.29, 0.717) is 18.7 Å². The van der Waals surface area contributed by atoms with Crippen LogP contribution in [0.25, 0.3) is 0 Å². The molecule has 17 heavy (non-hydrogen) atoms. The monoisotopic (exact) mass is 292 g/mol. The van der Waals surface area contributed by atoms with Gasteiger partial charge in [0, 0.05) is 23.6 Å². The first-order valence-corrected chi connectivity index (χ1v) is 6.30. The Labute approximate surface area is 109 Å². The Morgan fingerprint density at radius 2 is 2.12 bits per heavy atom. The van der Waals surface area contributed by atoms with Gasteiger partial charge in [0.15, 0.2) is 5.78 Å². The second-order valence-corrected chi connectivity index (χ2v) is 4.58. The van der Waals surface area contributed by atoms with Crippen LogP contribution in [0.2, 0.25) is 0 Å². The molecule has 0 unspecified atom stereocenters. The van der Waals surface area contributed by atoms with E-state index in [1.54, 1.807) is 16.9 Å². The van der Waals surface area contributed by atoms with Gasteiger partial charge in [-0.1, -0.05) is 34.1 Å². The standard InChI is InChI=1S/C13H13BrN2O/c1-2-16-12(7-8-15-16)13(17)9-10-5-3-4-6-11(10)14/h3-8H,2,9H2,1H3. The molecule has 4 heteroatoms. The highest BCUT2D eigenvalue weighted by atomic mass is 79.9. The first-order valence-electron chi connectivity index (χ1n) is 5.50. The minimum atomic E-state index is 0.0938. The third-order valence-corrected chi connectivity index (χ3v) is 3.38. The Hall–Kier alpha value is -1.42. The van der Waals surface area contributed by atoms with Crippen LogP contribution in [-0.2, 0) is 13.0 Å². The van der Waals surface area contributed by atoms with Crippen LogP contribution in [0.4, 0.5) is 0 Å². The van der Waals surface area contributed by atoms with Crippen LogP contribution in [0, 0.1) is 0 Å². The minimum Gasteiger partial charge on any atom is -0.292 e. The number of hydrogen-bond acceptors (Lipinski definition) is 2. The van der Waals surface area contributed by atoms with Crippen LogP contribution in [0.5, 0.6) is 0 Å². The van der Waals surface area contributed by atoms with E-state index in [0.717, 1.165) is 10.0 Å². The van der Waals surface area contributed by atoms with Crippen molar-refractivity contribution < 1.29 is 4.79 Å². The van der Waals surface area contributed by atoms with Gasteiger partial charge in [0.05, 0.1) is 0 Å². The molecule has 0 spiro atoms. The zero-order chi connectivity index (χ0) is 12.3. The number of carbonyl (C=O) groups is 1. The van der Waals surface area contributed by atoms with Gasteiger partial charge < -0.3 is 0 Å². The first-order chi connectivity index (χ1) is 8.22. The number of hydrogen-bond donors (Lipinski definition) is 0. The SMILES string of the molecule is CCn1nccc1C(=O)Cc1ccccc1Br. The first kappa shape index (κ1) is 12.0. The van der Waals surface area contributed by atoms with Crippen LogP contribution in [0.3, 0.4) is 0 Å². The van der Waals surface area contributed by atoms with E-state index in [4.69, 9.17) is 0 Å². The van der Waals surface area contributed by atoms with Gasteiger partial charge in [0.25, 0.3) is 0 Å². The molecule has 3 nitrogen and oxygen atoms in total. The predicted molar refractivity (Wildman–Crippen MR) is 70.1 cm³/mol. The number of ketones is 1. The molecule has 0 amide bonds. The van der Waals surface area contributed by atoms with Crippen LogP contribution < -0.4 is 0 Å². The van der Waals surface area contributed by atoms with E-state index < -0.39 is 0 Å². The van der Waals surface area contributed by atoms with Crippen molar-refractivity contribution >= 4 is 21.7 Å². The van der Waals surface area contributed by atoms with Gasteiger partial charge in [-0.05, 0) is 24.6 Å². The molecule has 0 aliphatic rings. The van der Waals surface area contributed by atoms with Gasteiger partial charge in [-0.15, -0.1) is 0 Å². The quantitative estimate of drug-likeness (QED) is 0.812. The molecule has 0 saturated heterocycles. The van der Waals surface area contributed by atoms with Crippen molar-refractivity contribution in [2.45, 2.75) is 19.9 Å². The molecule has 0 aliphatic carbocycles. The highest BCUT2D eigenvalue weighted by Crippen LogP contribution is 2.18. The van der Waals surface area contributed by atoms with E-state index >= 15 is 0 Å². The molecule has 0 radical (unpaired) electrons. The van der Waals surface area contributed by atoms with Crippen molar-refractivity contribution in [3.05, 3.63) is 52.3 Å². The average Bonchev–Trinajstić information content (AvgIpc) is 2.80. The van der Waals surface area contributed by atoms with Crippen LogP contribution >= 0.6 is 15.9 Å². The van der Waals surface area contributed by atoms with Gasteiger partial charge >= 0.3 is 0 Å². The number of aryl methyl sites for hydroxylation is 1. The molecule has 1 aromatic heterocycles. The molecule has 0 aliphatic heterocycles. The summed E-state index contributed by atoms with van der Waals surface area (Å²) in [5.74, 6) is 0.0938. The summed E-state index contributed by atoms with van der Waals surface area (Å²) in [7, 11) is 0. The Morgan fingerprint density at radius 3 is 2.82 bits per heavy atom. The summed E-state index contributed by atoms with van der Waals surface area (Å²) in [6.07, 6.45) is 2.06. The molecule has 88 valence electrons.